The van der Waals surface area contributed by atoms with E-state index < -0.39 is 15.9 Å². The largest absolute Gasteiger partial charge is 0.497 e. The lowest BCUT2D eigenvalue weighted by Crippen LogP contribution is -2.42. The Morgan fingerprint density at radius 1 is 0.882 bits per heavy atom. The topological polar surface area (TPSA) is 84.9 Å². The number of carbonyl (C=O) groups is 1. The summed E-state index contributed by atoms with van der Waals surface area (Å²) >= 11 is 0. The van der Waals surface area contributed by atoms with Gasteiger partial charge < -0.3 is 14.8 Å². The second-order valence-corrected chi connectivity index (χ2v) is 9.83. The van der Waals surface area contributed by atoms with E-state index in [9.17, 15) is 13.2 Å². The Balaban J connectivity index is 1.71. The molecule has 0 spiro atoms. The van der Waals surface area contributed by atoms with Crippen molar-refractivity contribution in [1.82, 2.24) is 5.32 Å². The van der Waals surface area contributed by atoms with Gasteiger partial charge >= 0.3 is 0 Å². The van der Waals surface area contributed by atoms with Crippen LogP contribution in [-0.2, 0) is 14.8 Å². The van der Waals surface area contributed by atoms with Crippen LogP contribution in [0.5, 0.6) is 11.5 Å². The number of methoxy groups -OCH3 is 1. The summed E-state index contributed by atoms with van der Waals surface area (Å²) in [5, 5.41) is 2.74. The maximum Gasteiger partial charge on any atom is 0.264 e. The van der Waals surface area contributed by atoms with Crippen LogP contribution < -0.4 is 19.1 Å². The van der Waals surface area contributed by atoms with Crippen LogP contribution in [-0.4, -0.2) is 41.1 Å². The molecule has 0 aliphatic carbocycles. The zero-order valence-electron chi connectivity index (χ0n) is 19.9. The van der Waals surface area contributed by atoms with E-state index in [0.29, 0.717) is 11.4 Å². The van der Waals surface area contributed by atoms with E-state index in [1.165, 1.54) is 0 Å². The number of sulfonamides is 1. The van der Waals surface area contributed by atoms with E-state index in [1.807, 2.05) is 26.8 Å². The van der Waals surface area contributed by atoms with Gasteiger partial charge in [-0.05, 0) is 80.4 Å². The number of anilines is 1. The molecule has 0 aliphatic heterocycles. The second kappa shape index (κ2) is 11.1. The fourth-order valence-corrected chi connectivity index (χ4v) is 4.66. The Hall–Kier alpha value is -3.52. The monoisotopic (exact) mass is 482 g/mol. The van der Waals surface area contributed by atoms with Crippen LogP contribution in [0.1, 0.15) is 16.7 Å². The number of hydrogen-bond donors (Lipinski definition) is 1. The number of carbonyl (C=O) groups excluding carboxylic acids is 1. The molecule has 1 N–H and O–H groups in total. The second-order valence-electron chi connectivity index (χ2n) is 7.97. The molecule has 0 aromatic heterocycles. The molecule has 3 aromatic carbocycles. The van der Waals surface area contributed by atoms with Gasteiger partial charge in [-0.3, -0.25) is 9.10 Å². The van der Waals surface area contributed by atoms with E-state index >= 15 is 0 Å². The molecule has 0 aliphatic rings. The van der Waals surface area contributed by atoms with E-state index in [0.717, 1.165) is 26.7 Å². The van der Waals surface area contributed by atoms with Crippen molar-refractivity contribution in [1.29, 1.82) is 0 Å². The first-order valence-corrected chi connectivity index (χ1v) is 12.3. The summed E-state index contributed by atoms with van der Waals surface area (Å²) in [6, 6.07) is 19.0. The first kappa shape index (κ1) is 25.1. The Kier molecular flexibility index (Phi) is 8.17. The van der Waals surface area contributed by atoms with E-state index in [2.05, 4.69) is 5.32 Å². The van der Waals surface area contributed by atoms with Gasteiger partial charge in [-0.25, -0.2) is 8.42 Å². The molecule has 0 unspecified atom stereocenters. The zero-order valence-corrected chi connectivity index (χ0v) is 20.7. The highest BCUT2D eigenvalue weighted by Crippen LogP contribution is 2.26. The molecule has 0 radical (unpaired) electrons. The Morgan fingerprint density at radius 3 is 2.15 bits per heavy atom. The molecule has 3 aromatic rings. The van der Waals surface area contributed by atoms with Crippen LogP contribution in [0.15, 0.2) is 71.6 Å². The molecule has 0 heterocycles. The van der Waals surface area contributed by atoms with Crippen molar-refractivity contribution in [2.24, 2.45) is 0 Å². The number of benzene rings is 3. The maximum absolute atomic E-state index is 13.5. The van der Waals surface area contributed by atoms with Gasteiger partial charge in [-0.2, -0.15) is 0 Å². The van der Waals surface area contributed by atoms with Crippen molar-refractivity contribution in [2.45, 2.75) is 25.7 Å². The minimum Gasteiger partial charge on any atom is -0.497 e. The Morgan fingerprint density at radius 2 is 1.53 bits per heavy atom. The highest BCUT2D eigenvalue weighted by Gasteiger charge is 2.27. The molecule has 0 saturated heterocycles. The molecular weight excluding hydrogens is 452 g/mol. The van der Waals surface area contributed by atoms with Crippen molar-refractivity contribution in [3.05, 3.63) is 83.4 Å². The number of amides is 1. The first-order chi connectivity index (χ1) is 16.2. The number of aryl methyl sites for hydroxylation is 3. The molecule has 0 fully saturated rings. The lowest BCUT2D eigenvalue weighted by molar-refractivity contribution is -0.119. The van der Waals surface area contributed by atoms with Gasteiger partial charge in [0.15, 0.2) is 0 Å². The van der Waals surface area contributed by atoms with Gasteiger partial charge in [-0.1, -0.05) is 23.8 Å². The SMILES string of the molecule is COc1ccc(OCCNC(=O)CN(c2ccc(C)c(C)c2)S(=O)(=O)c2ccc(C)cc2)cc1. The average molecular weight is 483 g/mol. The normalized spacial score (nSPS) is 11.1. The Bertz CT molecular complexity index is 1220. The lowest BCUT2D eigenvalue weighted by Gasteiger charge is -2.25. The highest BCUT2D eigenvalue weighted by molar-refractivity contribution is 7.92. The quantitative estimate of drug-likeness (QED) is 0.442. The predicted molar refractivity (Wildman–Crippen MR) is 133 cm³/mol. The molecule has 0 saturated carbocycles. The molecule has 1 amide bonds. The molecular formula is C26H30N2O5S. The zero-order chi connectivity index (χ0) is 24.7. The van der Waals surface area contributed by atoms with Crippen molar-refractivity contribution in [3.8, 4) is 11.5 Å². The van der Waals surface area contributed by atoms with E-state index in [1.54, 1.807) is 67.8 Å². The number of nitrogens with one attached hydrogen (secondary N) is 1. The number of nitrogens with zero attached hydrogens (tertiary/aromatic N) is 1. The minimum absolute atomic E-state index is 0.131. The summed E-state index contributed by atoms with van der Waals surface area (Å²) in [5.74, 6) is 0.947. The number of rotatable bonds is 10. The third kappa shape index (κ3) is 6.29. The molecule has 0 atom stereocenters. The minimum atomic E-state index is -3.95. The summed E-state index contributed by atoms with van der Waals surface area (Å²) in [7, 11) is -2.36. The average Bonchev–Trinajstić information content (AvgIpc) is 2.82. The van der Waals surface area contributed by atoms with Crippen LogP contribution in [0, 0.1) is 20.8 Å². The molecule has 0 bridgehead atoms. The number of hydrogen-bond acceptors (Lipinski definition) is 5. The molecule has 180 valence electrons. The first-order valence-electron chi connectivity index (χ1n) is 10.9. The maximum atomic E-state index is 13.5. The summed E-state index contributed by atoms with van der Waals surface area (Å²) < 4.78 is 38.8. The molecule has 3 rings (SSSR count). The van der Waals surface area contributed by atoms with Crippen LogP contribution in [0.4, 0.5) is 5.69 Å². The van der Waals surface area contributed by atoms with Gasteiger partial charge in [0.2, 0.25) is 5.91 Å². The third-order valence-corrected chi connectivity index (χ3v) is 7.22. The van der Waals surface area contributed by atoms with Crippen molar-refractivity contribution >= 4 is 21.6 Å². The van der Waals surface area contributed by atoms with E-state index in [4.69, 9.17) is 9.47 Å². The van der Waals surface area contributed by atoms with Crippen LogP contribution in [0.25, 0.3) is 0 Å². The van der Waals surface area contributed by atoms with Gasteiger partial charge in [0.1, 0.15) is 24.7 Å². The van der Waals surface area contributed by atoms with Crippen LogP contribution in [0.3, 0.4) is 0 Å². The van der Waals surface area contributed by atoms with Crippen LogP contribution in [0.2, 0.25) is 0 Å². The summed E-state index contributed by atoms with van der Waals surface area (Å²) in [6.07, 6.45) is 0. The van der Waals surface area contributed by atoms with E-state index in [-0.39, 0.29) is 24.6 Å². The number of ether oxygens (including phenoxy) is 2. The van der Waals surface area contributed by atoms with Gasteiger partial charge in [-0.15, -0.1) is 0 Å². The van der Waals surface area contributed by atoms with Crippen molar-refractivity contribution in [3.63, 3.8) is 0 Å². The van der Waals surface area contributed by atoms with Gasteiger partial charge in [0, 0.05) is 0 Å². The smallest absolute Gasteiger partial charge is 0.264 e. The Labute approximate surface area is 201 Å². The molecule has 8 heteroatoms. The summed E-state index contributed by atoms with van der Waals surface area (Å²) in [5.41, 5.74) is 3.37. The van der Waals surface area contributed by atoms with Crippen molar-refractivity contribution < 1.29 is 22.7 Å². The van der Waals surface area contributed by atoms with Gasteiger partial charge in [0.05, 0.1) is 24.2 Å². The third-order valence-electron chi connectivity index (χ3n) is 5.43. The fourth-order valence-electron chi connectivity index (χ4n) is 3.25. The van der Waals surface area contributed by atoms with Crippen molar-refractivity contribution in [2.75, 3.05) is 31.1 Å². The fraction of sp³-hybridized carbons (Fsp3) is 0.269. The van der Waals surface area contributed by atoms with Crippen LogP contribution >= 0.6 is 0 Å². The molecule has 7 nitrogen and oxygen atoms in total. The summed E-state index contributed by atoms with van der Waals surface area (Å²) in [6.45, 7) is 5.88. The highest BCUT2D eigenvalue weighted by atomic mass is 32.2. The van der Waals surface area contributed by atoms with Gasteiger partial charge in [0.25, 0.3) is 10.0 Å². The molecule has 34 heavy (non-hydrogen) atoms. The summed E-state index contributed by atoms with van der Waals surface area (Å²) in [4.78, 5) is 12.8. The lowest BCUT2D eigenvalue weighted by atomic mass is 10.1. The standard InChI is InChI=1S/C26H30N2O5S/c1-19-5-13-25(14-6-19)34(30,31)28(22-8-7-20(2)21(3)17-22)18-26(29)27-15-16-33-24-11-9-23(32-4)10-12-24/h5-14,17H,15-16,18H2,1-4H3,(H,27,29). The predicted octanol–water partition coefficient (Wildman–Crippen LogP) is 4.01.